The van der Waals surface area contributed by atoms with Crippen molar-refractivity contribution in [3.63, 3.8) is 0 Å². The molecular formula is C16H16ClN5O. The SMILES string of the molecule is O=C(Cc1nc2ccc(Cl)cc2[nH]1)N1CCCn2cncc2C1. The van der Waals surface area contributed by atoms with E-state index in [1.54, 1.807) is 6.07 Å². The fourth-order valence-corrected chi connectivity index (χ4v) is 3.15. The number of hydrogen-bond acceptors (Lipinski definition) is 3. The van der Waals surface area contributed by atoms with Crippen LogP contribution in [0.2, 0.25) is 5.02 Å². The van der Waals surface area contributed by atoms with E-state index in [0.29, 0.717) is 17.4 Å². The first kappa shape index (κ1) is 14.3. The highest BCUT2D eigenvalue weighted by molar-refractivity contribution is 6.31. The quantitative estimate of drug-likeness (QED) is 0.785. The molecule has 3 aromatic rings. The third kappa shape index (κ3) is 2.82. The molecule has 1 N–H and O–H groups in total. The minimum atomic E-state index is 0.0739. The molecule has 0 unspecified atom stereocenters. The molecule has 1 aromatic carbocycles. The van der Waals surface area contributed by atoms with Crippen molar-refractivity contribution in [2.45, 2.75) is 25.9 Å². The van der Waals surface area contributed by atoms with Crippen LogP contribution in [0.25, 0.3) is 11.0 Å². The summed E-state index contributed by atoms with van der Waals surface area (Å²) in [5.41, 5.74) is 2.76. The van der Waals surface area contributed by atoms with Crippen molar-refractivity contribution in [1.29, 1.82) is 0 Å². The summed E-state index contributed by atoms with van der Waals surface area (Å²) in [5, 5.41) is 0.653. The van der Waals surface area contributed by atoms with E-state index in [4.69, 9.17) is 11.6 Å². The minimum Gasteiger partial charge on any atom is -0.342 e. The molecule has 0 radical (unpaired) electrons. The maximum absolute atomic E-state index is 12.6. The van der Waals surface area contributed by atoms with Gasteiger partial charge in [-0.1, -0.05) is 11.6 Å². The molecular weight excluding hydrogens is 314 g/mol. The average molecular weight is 330 g/mol. The van der Waals surface area contributed by atoms with Gasteiger partial charge in [-0.2, -0.15) is 0 Å². The zero-order valence-corrected chi connectivity index (χ0v) is 13.3. The third-order valence-corrected chi connectivity index (χ3v) is 4.38. The highest BCUT2D eigenvalue weighted by atomic mass is 35.5. The Labute approximate surface area is 138 Å². The van der Waals surface area contributed by atoms with Crippen LogP contribution >= 0.6 is 11.6 Å². The van der Waals surface area contributed by atoms with E-state index in [1.165, 1.54) is 0 Å². The van der Waals surface area contributed by atoms with Crippen molar-refractivity contribution in [2.75, 3.05) is 6.54 Å². The number of fused-ring (bicyclic) bond motifs is 2. The second-order valence-corrected chi connectivity index (χ2v) is 6.21. The molecule has 0 aliphatic carbocycles. The van der Waals surface area contributed by atoms with Crippen molar-refractivity contribution in [1.82, 2.24) is 24.4 Å². The van der Waals surface area contributed by atoms with E-state index in [9.17, 15) is 4.79 Å². The number of carbonyl (C=O) groups excluding carboxylic acids is 1. The smallest absolute Gasteiger partial charge is 0.230 e. The van der Waals surface area contributed by atoms with E-state index >= 15 is 0 Å². The summed E-state index contributed by atoms with van der Waals surface area (Å²) in [6.07, 6.45) is 4.85. The Balaban J connectivity index is 1.52. The first-order valence-electron chi connectivity index (χ1n) is 7.60. The van der Waals surface area contributed by atoms with Gasteiger partial charge in [0.15, 0.2) is 0 Å². The summed E-state index contributed by atoms with van der Waals surface area (Å²) in [4.78, 5) is 26.3. The van der Waals surface area contributed by atoms with Gasteiger partial charge < -0.3 is 14.5 Å². The van der Waals surface area contributed by atoms with Crippen LogP contribution in [0.4, 0.5) is 0 Å². The van der Waals surface area contributed by atoms with Crippen molar-refractivity contribution in [2.24, 2.45) is 0 Å². The van der Waals surface area contributed by atoms with Gasteiger partial charge in [0.25, 0.3) is 0 Å². The van der Waals surface area contributed by atoms with Crippen LogP contribution in [-0.4, -0.2) is 36.9 Å². The van der Waals surface area contributed by atoms with E-state index in [0.717, 1.165) is 36.2 Å². The van der Waals surface area contributed by atoms with Gasteiger partial charge in [0.05, 0.1) is 36.0 Å². The number of H-pyrrole nitrogens is 1. The van der Waals surface area contributed by atoms with Crippen LogP contribution < -0.4 is 0 Å². The van der Waals surface area contributed by atoms with Gasteiger partial charge in [-0.3, -0.25) is 4.79 Å². The van der Waals surface area contributed by atoms with Crippen molar-refractivity contribution in [3.8, 4) is 0 Å². The van der Waals surface area contributed by atoms with Gasteiger partial charge in [0, 0.05) is 24.3 Å². The van der Waals surface area contributed by atoms with Gasteiger partial charge in [-0.25, -0.2) is 9.97 Å². The zero-order chi connectivity index (χ0) is 15.8. The maximum Gasteiger partial charge on any atom is 0.230 e. The monoisotopic (exact) mass is 329 g/mol. The first-order chi connectivity index (χ1) is 11.2. The molecule has 7 heteroatoms. The molecule has 118 valence electrons. The largest absolute Gasteiger partial charge is 0.342 e. The Morgan fingerprint density at radius 2 is 2.26 bits per heavy atom. The molecule has 1 aliphatic rings. The second kappa shape index (κ2) is 5.70. The predicted molar refractivity (Wildman–Crippen MR) is 87.1 cm³/mol. The Bertz CT molecular complexity index is 868. The maximum atomic E-state index is 12.6. The molecule has 0 saturated carbocycles. The first-order valence-corrected chi connectivity index (χ1v) is 7.98. The topological polar surface area (TPSA) is 66.8 Å². The predicted octanol–water partition coefficient (Wildman–Crippen LogP) is 2.39. The number of aryl methyl sites for hydroxylation is 1. The highest BCUT2D eigenvalue weighted by Gasteiger charge is 2.20. The molecule has 1 aliphatic heterocycles. The molecule has 0 atom stereocenters. The Kier molecular flexibility index (Phi) is 3.53. The summed E-state index contributed by atoms with van der Waals surface area (Å²) in [5.74, 6) is 0.745. The summed E-state index contributed by atoms with van der Waals surface area (Å²) in [6.45, 7) is 2.26. The van der Waals surface area contributed by atoms with Gasteiger partial charge in [-0.05, 0) is 24.6 Å². The lowest BCUT2D eigenvalue weighted by atomic mass is 10.3. The highest BCUT2D eigenvalue weighted by Crippen LogP contribution is 2.18. The number of nitrogens with zero attached hydrogens (tertiary/aromatic N) is 4. The number of imidazole rings is 2. The fraction of sp³-hybridized carbons (Fsp3) is 0.312. The molecule has 0 fully saturated rings. The number of halogens is 1. The summed E-state index contributed by atoms with van der Waals surface area (Å²) in [7, 11) is 0. The summed E-state index contributed by atoms with van der Waals surface area (Å²) in [6, 6.07) is 5.47. The second-order valence-electron chi connectivity index (χ2n) is 5.77. The van der Waals surface area contributed by atoms with Gasteiger partial charge in [-0.15, -0.1) is 0 Å². The molecule has 0 spiro atoms. The number of hydrogen-bond donors (Lipinski definition) is 1. The van der Waals surface area contributed by atoms with Crippen LogP contribution in [0.1, 0.15) is 17.9 Å². The van der Waals surface area contributed by atoms with Crippen LogP contribution in [-0.2, 0) is 24.3 Å². The average Bonchev–Trinajstić information content (AvgIpc) is 3.07. The van der Waals surface area contributed by atoms with Crippen molar-refractivity contribution in [3.05, 3.63) is 47.3 Å². The number of benzene rings is 1. The molecule has 0 saturated heterocycles. The normalized spacial score (nSPS) is 14.7. The summed E-state index contributed by atoms with van der Waals surface area (Å²) >= 11 is 5.98. The number of rotatable bonds is 2. The van der Waals surface area contributed by atoms with E-state index in [1.807, 2.05) is 29.6 Å². The molecule has 0 bridgehead atoms. The molecule has 4 rings (SSSR count). The van der Waals surface area contributed by atoms with Crippen molar-refractivity contribution < 1.29 is 4.79 Å². The number of nitrogens with one attached hydrogen (secondary N) is 1. The van der Waals surface area contributed by atoms with E-state index in [-0.39, 0.29) is 12.3 Å². The Hall–Kier alpha value is -2.34. The fourth-order valence-electron chi connectivity index (χ4n) is 2.97. The molecule has 6 nitrogen and oxygen atoms in total. The van der Waals surface area contributed by atoms with E-state index in [2.05, 4.69) is 19.5 Å². The Morgan fingerprint density at radius 1 is 1.35 bits per heavy atom. The lowest BCUT2D eigenvalue weighted by molar-refractivity contribution is -0.131. The standard InChI is InChI=1S/C16H16ClN5O/c17-11-2-3-13-14(6-11)20-15(19-13)7-16(23)21-4-1-5-22-10-18-8-12(22)9-21/h2-3,6,8,10H,1,4-5,7,9H2,(H,19,20). The number of aromatic amines is 1. The van der Waals surface area contributed by atoms with Crippen LogP contribution in [0.5, 0.6) is 0 Å². The van der Waals surface area contributed by atoms with E-state index < -0.39 is 0 Å². The van der Waals surface area contributed by atoms with Crippen LogP contribution in [0.3, 0.4) is 0 Å². The molecule has 23 heavy (non-hydrogen) atoms. The molecule has 1 amide bonds. The Morgan fingerprint density at radius 3 is 3.17 bits per heavy atom. The lowest BCUT2D eigenvalue weighted by Gasteiger charge is -2.19. The number of carbonyl (C=O) groups is 1. The van der Waals surface area contributed by atoms with Gasteiger partial charge in [0.1, 0.15) is 5.82 Å². The molecule has 2 aromatic heterocycles. The van der Waals surface area contributed by atoms with Crippen LogP contribution in [0, 0.1) is 0 Å². The zero-order valence-electron chi connectivity index (χ0n) is 12.5. The van der Waals surface area contributed by atoms with Crippen molar-refractivity contribution >= 4 is 28.5 Å². The lowest BCUT2D eigenvalue weighted by Crippen LogP contribution is -2.32. The molecule has 3 heterocycles. The summed E-state index contributed by atoms with van der Waals surface area (Å²) < 4.78 is 2.11. The van der Waals surface area contributed by atoms with Crippen LogP contribution in [0.15, 0.2) is 30.7 Å². The van der Waals surface area contributed by atoms with Gasteiger partial charge >= 0.3 is 0 Å². The third-order valence-electron chi connectivity index (χ3n) is 4.14. The van der Waals surface area contributed by atoms with Gasteiger partial charge in [0.2, 0.25) is 5.91 Å². The number of amides is 1. The number of aromatic nitrogens is 4. The minimum absolute atomic E-state index is 0.0739.